The number of halogens is 1. The largest absolute Gasteiger partial charge is 0.494 e. The van der Waals surface area contributed by atoms with E-state index < -0.39 is 0 Å². The summed E-state index contributed by atoms with van der Waals surface area (Å²) in [6.45, 7) is 4.73. The van der Waals surface area contributed by atoms with Gasteiger partial charge in [0.15, 0.2) is 0 Å². The van der Waals surface area contributed by atoms with Gasteiger partial charge in [0.1, 0.15) is 11.5 Å². The Morgan fingerprint density at radius 2 is 1.70 bits per heavy atom. The molecule has 6 nitrogen and oxygen atoms in total. The lowest BCUT2D eigenvalue weighted by atomic mass is 10.2. The van der Waals surface area contributed by atoms with Crippen LogP contribution in [-0.2, 0) is 4.79 Å². The number of carbonyl (C=O) groups excluding carboxylic acids is 2. The number of aryl methyl sites for hydroxylation is 1. The van der Waals surface area contributed by atoms with E-state index in [0.29, 0.717) is 41.7 Å². The maximum absolute atomic E-state index is 12.0. The number of ether oxygens (including phenoxy) is 2. The van der Waals surface area contributed by atoms with Crippen LogP contribution in [0.1, 0.15) is 35.7 Å². The third kappa shape index (κ3) is 6.83. The second kappa shape index (κ2) is 10.4. The van der Waals surface area contributed by atoms with Crippen LogP contribution in [0.2, 0.25) is 5.02 Å². The summed E-state index contributed by atoms with van der Waals surface area (Å²) in [4.78, 5) is 23.8. The van der Waals surface area contributed by atoms with Crippen LogP contribution in [0, 0.1) is 6.92 Å². The number of rotatable bonds is 8. The average molecular weight is 391 g/mol. The van der Waals surface area contributed by atoms with Crippen molar-refractivity contribution in [1.82, 2.24) is 10.9 Å². The normalized spacial score (nSPS) is 10.2. The minimum Gasteiger partial charge on any atom is -0.494 e. The van der Waals surface area contributed by atoms with Gasteiger partial charge >= 0.3 is 0 Å². The van der Waals surface area contributed by atoms with Crippen LogP contribution in [0.5, 0.6) is 11.5 Å². The smallest absolute Gasteiger partial charge is 0.269 e. The first-order valence-electron chi connectivity index (χ1n) is 8.70. The van der Waals surface area contributed by atoms with E-state index >= 15 is 0 Å². The zero-order valence-corrected chi connectivity index (χ0v) is 16.1. The van der Waals surface area contributed by atoms with Gasteiger partial charge in [-0.1, -0.05) is 11.6 Å². The lowest BCUT2D eigenvalue weighted by Crippen LogP contribution is -2.41. The van der Waals surface area contributed by atoms with Gasteiger partial charge in [-0.2, -0.15) is 0 Å². The molecule has 2 aromatic rings. The van der Waals surface area contributed by atoms with Gasteiger partial charge in [0, 0.05) is 17.0 Å². The van der Waals surface area contributed by atoms with Crippen LogP contribution in [-0.4, -0.2) is 25.0 Å². The monoisotopic (exact) mass is 390 g/mol. The fourth-order valence-electron chi connectivity index (χ4n) is 2.26. The lowest BCUT2D eigenvalue weighted by Gasteiger charge is -2.09. The summed E-state index contributed by atoms with van der Waals surface area (Å²) in [5.41, 5.74) is 6.15. The maximum atomic E-state index is 12.0. The first-order valence-corrected chi connectivity index (χ1v) is 9.08. The minimum absolute atomic E-state index is 0.232. The van der Waals surface area contributed by atoms with Gasteiger partial charge in [0.2, 0.25) is 5.91 Å². The molecule has 2 rings (SSSR count). The van der Waals surface area contributed by atoms with Gasteiger partial charge in [-0.3, -0.25) is 20.4 Å². The molecule has 2 amide bonds. The molecule has 0 bridgehead atoms. The fraction of sp³-hybridized carbons (Fsp3) is 0.300. The highest BCUT2D eigenvalue weighted by molar-refractivity contribution is 6.31. The third-order valence-electron chi connectivity index (χ3n) is 3.69. The van der Waals surface area contributed by atoms with Gasteiger partial charge in [0.05, 0.1) is 13.2 Å². The van der Waals surface area contributed by atoms with Crippen LogP contribution in [0.4, 0.5) is 0 Å². The van der Waals surface area contributed by atoms with Gasteiger partial charge in [-0.25, -0.2) is 0 Å². The summed E-state index contributed by atoms with van der Waals surface area (Å²) in [5.74, 6) is 0.722. The molecule has 2 N–H and O–H groups in total. The molecule has 27 heavy (non-hydrogen) atoms. The van der Waals surface area contributed by atoms with Crippen molar-refractivity contribution in [3.8, 4) is 11.5 Å². The summed E-state index contributed by atoms with van der Waals surface area (Å²) >= 11 is 5.96. The van der Waals surface area contributed by atoms with E-state index in [1.54, 1.807) is 36.4 Å². The van der Waals surface area contributed by atoms with Crippen molar-refractivity contribution >= 4 is 23.4 Å². The van der Waals surface area contributed by atoms with Crippen molar-refractivity contribution in [2.24, 2.45) is 0 Å². The zero-order chi connectivity index (χ0) is 19.6. The highest BCUT2D eigenvalue weighted by Gasteiger charge is 2.08. The number of hydrazine groups is 1. The summed E-state index contributed by atoms with van der Waals surface area (Å²) in [6.07, 6.45) is 0.753. The molecule has 0 saturated carbocycles. The van der Waals surface area contributed by atoms with Crippen molar-refractivity contribution in [3.63, 3.8) is 0 Å². The molecule has 2 aromatic carbocycles. The van der Waals surface area contributed by atoms with E-state index in [-0.39, 0.29) is 18.2 Å². The van der Waals surface area contributed by atoms with E-state index in [2.05, 4.69) is 10.9 Å². The SMILES string of the molecule is CCOc1ccc(C(=O)NNC(=O)CCCOc2ccc(Cl)c(C)c2)cc1. The summed E-state index contributed by atoms with van der Waals surface area (Å²) in [6, 6.07) is 12.1. The third-order valence-corrected chi connectivity index (χ3v) is 4.11. The van der Waals surface area contributed by atoms with E-state index in [0.717, 1.165) is 5.56 Å². The first-order chi connectivity index (χ1) is 13.0. The van der Waals surface area contributed by atoms with Crippen molar-refractivity contribution < 1.29 is 19.1 Å². The molecule has 0 saturated heterocycles. The highest BCUT2D eigenvalue weighted by Crippen LogP contribution is 2.21. The molecule has 0 unspecified atom stereocenters. The number of benzene rings is 2. The molecular formula is C20H23ClN2O4. The number of nitrogens with one attached hydrogen (secondary N) is 2. The van der Waals surface area contributed by atoms with Crippen LogP contribution >= 0.6 is 11.6 Å². The predicted molar refractivity (Wildman–Crippen MR) is 104 cm³/mol. The first kappa shape index (κ1) is 20.6. The topological polar surface area (TPSA) is 76.7 Å². The summed E-state index contributed by atoms with van der Waals surface area (Å²) in [7, 11) is 0. The minimum atomic E-state index is -0.390. The fourth-order valence-corrected chi connectivity index (χ4v) is 2.38. The van der Waals surface area contributed by atoms with Gasteiger partial charge in [-0.05, 0) is 68.3 Å². The Balaban J connectivity index is 1.66. The average Bonchev–Trinajstić information content (AvgIpc) is 2.67. The van der Waals surface area contributed by atoms with E-state index in [9.17, 15) is 9.59 Å². The van der Waals surface area contributed by atoms with Crippen molar-refractivity contribution in [3.05, 3.63) is 58.6 Å². The number of hydrogen-bond donors (Lipinski definition) is 2. The van der Waals surface area contributed by atoms with E-state index in [1.165, 1.54) is 0 Å². The van der Waals surface area contributed by atoms with Gasteiger partial charge < -0.3 is 9.47 Å². The molecule has 0 aliphatic rings. The molecular weight excluding hydrogens is 368 g/mol. The maximum Gasteiger partial charge on any atom is 0.269 e. The standard InChI is InChI=1S/C20H23ClN2O4/c1-3-26-16-8-6-15(7-9-16)20(25)23-22-19(24)5-4-12-27-17-10-11-18(21)14(2)13-17/h6-11,13H,3-5,12H2,1-2H3,(H,22,24)(H,23,25). The van der Waals surface area contributed by atoms with Crippen LogP contribution in [0.25, 0.3) is 0 Å². The van der Waals surface area contributed by atoms with Gasteiger partial charge in [-0.15, -0.1) is 0 Å². The van der Waals surface area contributed by atoms with E-state index in [1.807, 2.05) is 19.9 Å². The molecule has 0 radical (unpaired) electrons. The Morgan fingerprint density at radius 3 is 2.37 bits per heavy atom. The molecule has 0 aliphatic carbocycles. The van der Waals surface area contributed by atoms with Crippen LogP contribution in [0.15, 0.2) is 42.5 Å². The lowest BCUT2D eigenvalue weighted by molar-refractivity contribution is -0.122. The highest BCUT2D eigenvalue weighted by atomic mass is 35.5. The Bertz CT molecular complexity index is 778. The summed E-state index contributed by atoms with van der Waals surface area (Å²) < 4.78 is 10.9. The number of hydrogen-bond acceptors (Lipinski definition) is 4. The van der Waals surface area contributed by atoms with Gasteiger partial charge in [0.25, 0.3) is 5.91 Å². The Morgan fingerprint density at radius 1 is 1.00 bits per heavy atom. The van der Waals surface area contributed by atoms with Crippen LogP contribution < -0.4 is 20.3 Å². The second-order valence-corrected chi connectivity index (χ2v) is 6.23. The quantitative estimate of drug-likeness (QED) is 0.532. The van der Waals surface area contributed by atoms with Crippen LogP contribution in [0.3, 0.4) is 0 Å². The Hall–Kier alpha value is -2.73. The molecule has 0 heterocycles. The van der Waals surface area contributed by atoms with Crippen molar-refractivity contribution in [2.45, 2.75) is 26.7 Å². The zero-order valence-electron chi connectivity index (χ0n) is 15.4. The number of amides is 2. The Kier molecular flexibility index (Phi) is 7.95. The molecule has 7 heteroatoms. The molecule has 0 aromatic heterocycles. The predicted octanol–water partition coefficient (Wildman–Crippen LogP) is 3.67. The van der Waals surface area contributed by atoms with E-state index in [4.69, 9.17) is 21.1 Å². The molecule has 144 valence electrons. The Labute approximate surface area is 163 Å². The second-order valence-electron chi connectivity index (χ2n) is 5.82. The molecule has 0 spiro atoms. The molecule has 0 atom stereocenters. The molecule has 0 aliphatic heterocycles. The van der Waals surface area contributed by atoms with Crippen molar-refractivity contribution in [2.75, 3.05) is 13.2 Å². The molecule has 0 fully saturated rings. The summed E-state index contributed by atoms with van der Waals surface area (Å²) in [5, 5.41) is 0.685. The van der Waals surface area contributed by atoms with Crippen molar-refractivity contribution in [1.29, 1.82) is 0 Å². The number of carbonyl (C=O) groups is 2.